The van der Waals surface area contributed by atoms with Crippen LogP contribution in [0.15, 0.2) is 48.5 Å². The third-order valence-corrected chi connectivity index (χ3v) is 5.31. The summed E-state index contributed by atoms with van der Waals surface area (Å²) in [5, 5.41) is 9.08. The van der Waals surface area contributed by atoms with Gasteiger partial charge in [0.15, 0.2) is 0 Å². The maximum Gasteiger partial charge on any atom is 0.573 e. The van der Waals surface area contributed by atoms with E-state index in [-0.39, 0.29) is 22.6 Å². The van der Waals surface area contributed by atoms with Crippen molar-refractivity contribution in [1.29, 1.82) is 5.41 Å². The predicted molar refractivity (Wildman–Crippen MR) is 99.6 cm³/mol. The van der Waals surface area contributed by atoms with E-state index in [0.717, 1.165) is 24.8 Å². The molecule has 0 atom stereocenters. The SMILES string of the molecule is CN(CC1(c2ccc(Cl)cc2)CCC1)C(=N)c1ccccc1OC(F)(F)F. The van der Waals surface area contributed by atoms with Crippen LogP contribution in [-0.2, 0) is 5.41 Å². The Morgan fingerprint density at radius 2 is 1.78 bits per heavy atom. The van der Waals surface area contributed by atoms with Crippen LogP contribution in [0.25, 0.3) is 0 Å². The van der Waals surface area contributed by atoms with Crippen LogP contribution >= 0.6 is 11.6 Å². The number of halogens is 4. The lowest BCUT2D eigenvalue weighted by Crippen LogP contribution is -2.46. The number of alkyl halides is 3. The van der Waals surface area contributed by atoms with Gasteiger partial charge in [0.1, 0.15) is 11.6 Å². The Balaban J connectivity index is 1.81. The fourth-order valence-electron chi connectivity index (χ4n) is 3.56. The normalized spacial score (nSPS) is 15.7. The minimum atomic E-state index is -4.80. The van der Waals surface area contributed by atoms with Crippen LogP contribution in [-0.4, -0.2) is 30.7 Å². The van der Waals surface area contributed by atoms with Gasteiger partial charge in [-0.1, -0.05) is 42.3 Å². The highest BCUT2D eigenvalue weighted by Crippen LogP contribution is 2.44. The van der Waals surface area contributed by atoms with Crippen molar-refractivity contribution in [1.82, 2.24) is 4.90 Å². The van der Waals surface area contributed by atoms with E-state index < -0.39 is 6.36 Å². The number of amidine groups is 1. The summed E-state index contributed by atoms with van der Waals surface area (Å²) in [4.78, 5) is 1.69. The topological polar surface area (TPSA) is 36.3 Å². The van der Waals surface area contributed by atoms with E-state index in [1.165, 1.54) is 18.2 Å². The second-order valence-electron chi connectivity index (χ2n) is 6.89. The van der Waals surface area contributed by atoms with Gasteiger partial charge in [-0.3, -0.25) is 5.41 Å². The molecule has 1 fully saturated rings. The number of rotatable bonds is 5. The molecule has 0 bridgehead atoms. The summed E-state index contributed by atoms with van der Waals surface area (Å²) in [5.74, 6) is -0.369. The van der Waals surface area contributed by atoms with Crippen LogP contribution in [0.5, 0.6) is 5.75 Å². The highest BCUT2D eigenvalue weighted by Gasteiger charge is 2.40. The van der Waals surface area contributed by atoms with Crippen molar-refractivity contribution in [3.8, 4) is 5.75 Å². The molecule has 1 aliphatic rings. The van der Waals surface area contributed by atoms with Crippen LogP contribution in [0.4, 0.5) is 13.2 Å². The minimum absolute atomic E-state index is 0.00455. The molecule has 0 amide bonds. The maximum atomic E-state index is 12.7. The molecule has 1 saturated carbocycles. The first-order valence-electron chi connectivity index (χ1n) is 8.61. The number of ether oxygens (including phenoxy) is 1. The molecule has 0 aromatic heterocycles. The van der Waals surface area contributed by atoms with Gasteiger partial charge >= 0.3 is 6.36 Å². The van der Waals surface area contributed by atoms with E-state index in [4.69, 9.17) is 17.0 Å². The number of likely N-dealkylation sites (N-methyl/N-ethyl adjacent to an activating group) is 1. The highest BCUT2D eigenvalue weighted by molar-refractivity contribution is 6.30. The fourth-order valence-corrected chi connectivity index (χ4v) is 3.69. The lowest BCUT2D eigenvalue weighted by molar-refractivity contribution is -0.274. The molecule has 0 heterocycles. The summed E-state index contributed by atoms with van der Waals surface area (Å²) in [6.45, 7) is 0.536. The average molecular weight is 397 g/mol. The molecule has 27 heavy (non-hydrogen) atoms. The smallest absolute Gasteiger partial charge is 0.405 e. The summed E-state index contributed by atoms with van der Waals surface area (Å²) in [5.41, 5.74) is 1.13. The second kappa shape index (κ2) is 7.43. The Hall–Kier alpha value is -2.21. The Morgan fingerprint density at radius 3 is 2.33 bits per heavy atom. The molecule has 3 rings (SSSR count). The molecule has 144 valence electrons. The molecule has 7 heteroatoms. The highest BCUT2D eigenvalue weighted by atomic mass is 35.5. The Labute approximate surface area is 161 Å². The molecule has 1 aliphatic carbocycles. The van der Waals surface area contributed by atoms with Crippen molar-refractivity contribution in [2.24, 2.45) is 0 Å². The number of benzene rings is 2. The molecule has 3 nitrogen and oxygen atoms in total. The van der Waals surface area contributed by atoms with E-state index >= 15 is 0 Å². The Bertz CT molecular complexity index is 817. The van der Waals surface area contributed by atoms with Crippen LogP contribution in [0.2, 0.25) is 5.02 Å². The maximum absolute atomic E-state index is 12.7. The fraction of sp³-hybridized carbons (Fsp3) is 0.350. The zero-order valence-corrected chi connectivity index (χ0v) is 15.6. The quantitative estimate of drug-likeness (QED) is 0.526. The molecule has 0 aliphatic heterocycles. The van der Waals surface area contributed by atoms with Crippen molar-refractivity contribution >= 4 is 17.4 Å². The summed E-state index contributed by atoms with van der Waals surface area (Å²) in [7, 11) is 1.72. The largest absolute Gasteiger partial charge is 0.573 e. The van der Waals surface area contributed by atoms with E-state index in [9.17, 15) is 13.2 Å². The van der Waals surface area contributed by atoms with Gasteiger partial charge in [-0.15, -0.1) is 13.2 Å². The molecule has 2 aromatic rings. The molecule has 0 spiro atoms. The zero-order valence-electron chi connectivity index (χ0n) is 14.8. The Kier molecular flexibility index (Phi) is 5.38. The molecule has 0 radical (unpaired) electrons. The third-order valence-electron chi connectivity index (χ3n) is 5.06. The van der Waals surface area contributed by atoms with Gasteiger partial charge < -0.3 is 9.64 Å². The van der Waals surface area contributed by atoms with E-state index in [2.05, 4.69) is 4.74 Å². The minimum Gasteiger partial charge on any atom is -0.405 e. The van der Waals surface area contributed by atoms with Crippen LogP contribution in [0.3, 0.4) is 0 Å². The van der Waals surface area contributed by atoms with Gasteiger partial charge in [0, 0.05) is 24.0 Å². The lowest BCUT2D eigenvalue weighted by Gasteiger charge is -2.45. The van der Waals surface area contributed by atoms with Gasteiger partial charge in [-0.05, 0) is 42.7 Å². The van der Waals surface area contributed by atoms with Gasteiger partial charge in [-0.25, -0.2) is 0 Å². The second-order valence-corrected chi connectivity index (χ2v) is 7.33. The summed E-state index contributed by atoms with van der Waals surface area (Å²) >= 11 is 5.98. The van der Waals surface area contributed by atoms with Gasteiger partial charge in [0.2, 0.25) is 0 Å². The first-order chi connectivity index (χ1) is 12.7. The van der Waals surface area contributed by atoms with E-state index in [1.54, 1.807) is 18.0 Å². The van der Waals surface area contributed by atoms with E-state index in [1.807, 2.05) is 24.3 Å². The van der Waals surface area contributed by atoms with E-state index in [0.29, 0.717) is 11.6 Å². The Morgan fingerprint density at radius 1 is 1.15 bits per heavy atom. The number of nitrogens with one attached hydrogen (secondary N) is 1. The van der Waals surface area contributed by atoms with Crippen molar-refractivity contribution in [2.45, 2.75) is 31.0 Å². The van der Waals surface area contributed by atoms with Crippen LogP contribution < -0.4 is 4.74 Å². The average Bonchev–Trinajstić information content (AvgIpc) is 2.57. The van der Waals surface area contributed by atoms with Gasteiger partial charge in [0.05, 0.1) is 5.56 Å². The van der Waals surface area contributed by atoms with Crippen molar-refractivity contribution in [2.75, 3.05) is 13.6 Å². The lowest BCUT2D eigenvalue weighted by atomic mass is 9.64. The molecule has 0 saturated heterocycles. The molecule has 1 N–H and O–H groups in total. The first kappa shape index (κ1) is 19.5. The summed E-state index contributed by atoms with van der Waals surface area (Å²) in [6, 6.07) is 13.4. The van der Waals surface area contributed by atoms with Gasteiger partial charge in [0.25, 0.3) is 0 Å². The van der Waals surface area contributed by atoms with Crippen molar-refractivity contribution in [3.63, 3.8) is 0 Å². The summed E-state index contributed by atoms with van der Waals surface area (Å²) in [6.07, 6.45) is -1.79. The number of hydrogen-bond donors (Lipinski definition) is 1. The number of nitrogens with zero attached hydrogens (tertiary/aromatic N) is 1. The first-order valence-corrected chi connectivity index (χ1v) is 8.99. The zero-order chi connectivity index (χ0) is 19.7. The monoisotopic (exact) mass is 396 g/mol. The van der Waals surface area contributed by atoms with Gasteiger partial charge in [-0.2, -0.15) is 0 Å². The molecular weight excluding hydrogens is 377 g/mol. The third kappa shape index (κ3) is 4.38. The predicted octanol–water partition coefficient (Wildman–Crippen LogP) is 5.62. The van der Waals surface area contributed by atoms with Crippen molar-refractivity contribution in [3.05, 3.63) is 64.7 Å². The summed E-state index contributed by atoms with van der Waals surface area (Å²) < 4.78 is 42.1. The molecular formula is C20H20ClF3N2O. The van der Waals surface area contributed by atoms with Crippen LogP contribution in [0, 0.1) is 5.41 Å². The van der Waals surface area contributed by atoms with Crippen LogP contribution in [0.1, 0.15) is 30.4 Å². The van der Waals surface area contributed by atoms with Crippen molar-refractivity contribution < 1.29 is 17.9 Å². The standard InChI is InChI=1S/C20H20ClF3N2O/c1-26(13-19(11-4-12-19)14-7-9-15(21)10-8-14)18(25)16-5-2-3-6-17(16)27-20(22,23)24/h2-3,5-10,25H,4,11-13H2,1H3. The number of para-hydroxylation sites is 1. The molecule has 0 unspecified atom stereocenters. The molecule has 2 aromatic carbocycles. The number of hydrogen-bond acceptors (Lipinski definition) is 2.